The van der Waals surface area contributed by atoms with E-state index in [-0.39, 0.29) is 17.2 Å². The molecule has 1 N–H and O–H groups in total. The second-order valence-electron chi connectivity index (χ2n) is 6.55. The van der Waals surface area contributed by atoms with E-state index < -0.39 is 23.4 Å². The smallest absolute Gasteiger partial charge is 0.345 e. The SMILES string of the molecule is Cc1cccc(C(C)C)c1NC(=O)COC(=O)c1cccc(C)c1[N+](=O)[O-]. The minimum Gasteiger partial charge on any atom is -0.452 e. The van der Waals surface area contributed by atoms with Gasteiger partial charge in [-0.2, -0.15) is 0 Å². The summed E-state index contributed by atoms with van der Waals surface area (Å²) in [7, 11) is 0. The van der Waals surface area contributed by atoms with Crippen molar-refractivity contribution in [3.8, 4) is 0 Å². The molecule has 0 saturated heterocycles. The maximum atomic E-state index is 12.2. The van der Waals surface area contributed by atoms with Crippen LogP contribution in [-0.2, 0) is 9.53 Å². The third kappa shape index (κ3) is 4.69. The monoisotopic (exact) mass is 370 g/mol. The summed E-state index contributed by atoms with van der Waals surface area (Å²) >= 11 is 0. The predicted molar refractivity (Wildman–Crippen MR) is 102 cm³/mol. The Morgan fingerprint density at radius 1 is 1.11 bits per heavy atom. The third-order valence-electron chi connectivity index (χ3n) is 4.17. The molecule has 0 atom stereocenters. The van der Waals surface area contributed by atoms with Gasteiger partial charge in [0, 0.05) is 11.3 Å². The van der Waals surface area contributed by atoms with Crippen molar-refractivity contribution in [2.75, 3.05) is 11.9 Å². The fraction of sp³-hybridized carbons (Fsp3) is 0.300. The molecule has 27 heavy (non-hydrogen) atoms. The zero-order valence-corrected chi connectivity index (χ0v) is 15.7. The van der Waals surface area contributed by atoms with E-state index >= 15 is 0 Å². The molecule has 0 heterocycles. The molecule has 0 unspecified atom stereocenters. The zero-order valence-electron chi connectivity index (χ0n) is 15.7. The van der Waals surface area contributed by atoms with Crippen molar-refractivity contribution in [3.63, 3.8) is 0 Å². The Labute approximate surface area is 157 Å². The zero-order chi connectivity index (χ0) is 20.1. The topological polar surface area (TPSA) is 98.5 Å². The number of rotatable bonds is 6. The van der Waals surface area contributed by atoms with Gasteiger partial charge in [-0.1, -0.05) is 44.2 Å². The number of carbonyl (C=O) groups is 2. The lowest BCUT2D eigenvalue weighted by Crippen LogP contribution is -2.22. The predicted octanol–water partition coefficient (Wildman–Crippen LogP) is 4.13. The fourth-order valence-electron chi connectivity index (χ4n) is 2.79. The Bertz CT molecular complexity index is 890. The third-order valence-corrected chi connectivity index (χ3v) is 4.17. The molecule has 0 aliphatic heterocycles. The molecule has 7 nitrogen and oxygen atoms in total. The summed E-state index contributed by atoms with van der Waals surface area (Å²) in [4.78, 5) is 35.0. The number of ether oxygens (including phenoxy) is 1. The molecule has 2 aromatic rings. The van der Waals surface area contributed by atoms with Gasteiger partial charge in [-0.05, 0) is 37.0 Å². The van der Waals surface area contributed by atoms with Gasteiger partial charge in [0.05, 0.1) is 4.92 Å². The van der Waals surface area contributed by atoms with Gasteiger partial charge in [-0.3, -0.25) is 14.9 Å². The van der Waals surface area contributed by atoms with Gasteiger partial charge in [-0.25, -0.2) is 4.79 Å². The molecule has 0 saturated carbocycles. The molecule has 0 spiro atoms. The molecule has 2 rings (SSSR count). The van der Waals surface area contributed by atoms with E-state index in [4.69, 9.17) is 4.74 Å². The lowest BCUT2D eigenvalue weighted by atomic mass is 9.98. The average molecular weight is 370 g/mol. The van der Waals surface area contributed by atoms with Crippen LogP contribution < -0.4 is 5.32 Å². The van der Waals surface area contributed by atoms with Crippen LogP contribution in [0.15, 0.2) is 36.4 Å². The lowest BCUT2D eigenvalue weighted by Gasteiger charge is -2.16. The van der Waals surface area contributed by atoms with Gasteiger partial charge >= 0.3 is 5.97 Å². The van der Waals surface area contributed by atoms with Crippen molar-refractivity contribution in [2.24, 2.45) is 0 Å². The molecule has 0 fully saturated rings. The normalized spacial score (nSPS) is 10.6. The van der Waals surface area contributed by atoms with E-state index in [0.717, 1.165) is 11.1 Å². The summed E-state index contributed by atoms with van der Waals surface area (Å²) < 4.78 is 4.99. The van der Waals surface area contributed by atoms with Gasteiger partial charge in [0.15, 0.2) is 6.61 Å². The second kappa shape index (κ2) is 8.44. The van der Waals surface area contributed by atoms with Crippen LogP contribution in [0, 0.1) is 24.0 Å². The van der Waals surface area contributed by atoms with Crippen molar-refractivity contribution in [1.29, 1.82) is 0 Å². The van der Waals surface area contributed by atoms with Crippen LogP contribution in [0.5, 0.6) is 0 Å². The number of nitro benzene ring substituents is 1. The molecule has 0 radical (unpaired) electrons. The summed E-state index contributed by atoms with van der Waals surface area (Å²) in [6.07, 6.45) is 0. The summed E-state index contributed by atoms with van der Waals surface area (Å²) in [6, 6.07) is 10.1. The number of para-hydroxylation sites is 2. The van der Waals surface area contributed by atoms with Gasteiger partial charge in [0.25, 0.3) is 11.6 Å². The molecule has 1 amide bonds. The van der Waals surface area contributed by atoms with Gasteiger partial charge in [0.2, 0.25) is 0 Å². The fourth-order valence-corrected chi connectivity index (χ4v) is 2.79. The minimum absolute atomic E-state index is 0.174. The van der Waals surface area contributed by atoms with Crippen LogP contribution in [0.2, 0.25) is 0 Å². The molecular weight excluding hydrogens is 348 g/mol. The highest BCUT2D eigenvalue weighted by Crippen LogP contribution is 2.27. The number of nitro groups is 1. The lowest BCUT2D eigenvalue weighted by molar-refractivity contribution is -0.385. The standard InChI is InChI=1S/C20H22N2O5/c1-12(2)15-9-5-7-13(3)18(15)21-17(23)11-27-20(24)16-10-6-8-14(4)19(16)22(25)26/h5-10,12H,11H2,1-4H3,(H,21,23). The molecule has 142 valence electrons. The Balaban J connectivity index is 2.11. The number of nitrogens with one attached hydrogen (secondary N) is 1. The Hall–Kier alpha value is -3.22. The number of benzene rings is 2. The number of esters is 1. The first kappa shape index (κ1) is 20.1. The van der Waals surface area contributed by atoms with Gasteiger partial charge in [-0.15, -0.1) is 0 Å². The Kier molecular flexibility index (Phi) is 6.28. The van der Waals surface area contributed by atoms with E-state index in [1.54, 1.807) is 0 Å². The van der Waals surface area contributed by atoms with Gasteiger partial charge < -0.3 is 10.1 Å². The quantitative estimate of drug-likeness (QED) is 0.468. The first-order chi connectivity index (χ1) is 12.7. The highest BCUT2D eigenvalue weighted by atomic mass is 16.6. The first-order valence-corrected chi connectivity index (χ1v) is 8.52. The number of amides is 1. The van der Waals surface area contributed by atoms with Crippen LogP contribution >= 0.6 is 0 Å². The Morgan fingerprint density at radius 3 is 2.37 bits per heavy atom. The van der Waals surface area contributed by atoms with Gasteiger partial charge in [0.1, 0.15) is 5.56 Å². The van der Waals surface area contributed by atoms with Crippen molar-refractivity contribution in [3.05, 3.63) is 68.8 Å². The van der Waals surface area contributed by atoms with Crippen LogP contribution in [0.3, 0.4) is 0 Å². The number of hydrogen-bond donors (Lipinski definition) is 1. The van der Waals surface area contributed by atoms with Crippen molar-refractivity contribution < 1.29 is 19.2 Å². The summed E-state index contributed by atoms with van der Waals surface area (Å²) in [5.41, 5.74) is 2.42. The molecule has 0 aliphatic carbocycles. The Morgan fingerprint density at radius 2 is 1.74 bits per heavy atom. The number of aryl methyl sites for hydroxylation is 2. The number of anilines is 1. The van der Waals surface area contributed by atoms with Crippen molar-refractivity contribution >= 4 is 23.3 Å². The highest BCUT2D eigenvalue weighted by molar-refractivity contribution is 5.98. The van der Waals surface area contributed by atoms with Crippen LogP contribution in [-0.4, -0.2) is 23.4 Å². The van der Waals surface area contributed by atoms with Crippen LogP contribution in [0.4, 0.5) is 11.4 Å². The van der Waals surface area contributed by atoms with Crippen molar-refractivity contribution in [2.45, 2.75) is 33.6 Å². The maximum absolute atomic E-state index is 12.2. The van der Waals surface area contributed by atoms with Crippen LogP contribution in [0.25, 0.3) is 0 Å². The van der Waals surface area contributed by atoms with Crippen molar-refractivity contribution in [1.82, 2.24) is 0 Å². The van der Waals surface area contributed by atoms with E-state index in [9.17, 15) is 19.7 Å². The van der Waals surface area contributed by atoms with E-state index in [1.165, 1.54) is 25.1 Å². The number of hydrogen-bond acceptors (Lipinski definition) is 5. The number of nitrogens with zero attached hydrogens (tertiary/aromatic N) is 1. The molecule has 0 bridgehead atoms. The molecule has 0 aromatic heterocycles. The molecule has 0 aliphatic rings. The van der Waals surface area contributed by atoms with E-state index in [0.29, 0.717) is 11.3 Å². The molecule has 2 aromatic carbocycles. The van der Waals surface area contributed by atoms with Crippen LogP contribution in [0.1, 0.15) is 46.8 Å². The first-order valence-electron chi connectivity index (χ1n) is 8.52. The largest absolute Gasteiger partial charge is 0.452 e. The second-order valence-corrected chi connectivity index (χ2v) is 6.55. The van der Waals surface area contributed by atoms with E-state index in [1.807, 2.05) is 39.0 Å². The summed E-state index contributed by atoms with van der Waals surface area (Å²) in [5.74, 6) is -1.21. The summed E-state index contributed by atoms with van der Waals surface area (Å²) in [5, 5.41) is 13.9. The number of carbonyl (C=O) groups excluding carboxylic acids is 2. The average Bonchev–Trinajstić information content (AvgIpc) is 2.60. The van der Waals surface area contributed by atoms with E-state index in [2.05, 4.69) is 5.32 Å². The highest BCUT2D eigenvalue weighted by Gasteiger charge is 2.24. The summed E-state index contributed by atoms with van der Waals surface area (Å²) in [6.45, 7) is 6.91. The minimum atomic E-state index is -0.908. The molecular formula is C20H22N2O5. The molecule has 7 heteroatoms. The maximum Gasteiger partial charge on any atom is 0.345 e.